The second kappa shape index (κ2) is 12.6. The Morgan fingerprint density at radius 1 is 1.19 bits per heavy atom. The zero-order valence-corrected chi connectivity index (χ0v) is 21.7. The molecule has 1 aromatic heterocycles. The Labute approximate surface area is 202 Å². The first kappa shape index (κ1) is 26.8. The molecule has 0 saturated carbocycles. The summed E-state index contributed by atoms with van der Waals surface area (Å²) in [5, 5.41) is 6.38. The number of nitrogens with zero attached hydrogens (tertiary/aromatic N) is 2. The fourth-order valence-corrected chi connectivity index (χ4v) is 2.63. The fourth-order valence-electron chi connectivity index (χ4n) is 2.63. The van der Waals surface area contributed by atoms with Gasteiger partial charge >= 0.3 is 0 Å². The summed E-state index contributed by atoms with van der Waals surface area (Å²) in [5.41, 5.74) is 1.82. The Morgan fingerprint density at radius 3 is 2.55 bits per heavy atom. The number of nitrogens with one attached hydrogen (secondary N) is 2. The minimum atomic E-state index is -0.299. The van der Waals surface area contributed by atoms with Crippen LogP contribution < -0.4 is 15.4 Å². The van der Waals surface area contributed by atoms with Gasteiger partial charge in [0.2, 0.25) is 5.91 Å². The first-order valence-corrected chi connectivity index (χ1v) is 10.2. The maximum absolute atomic E-state index is 12.0. The molecular formula is C23H35IN4O3. The predicted octanol–water partition coefficient (Wildman–Crippen LogP) is 3.75. The second-order valence-corrected chi connectivity index (χ2v) is 8.39. The highest BCUT2D eigenvalue weighted by Gasteiger charge is 2.15. The third kappa shape index (κ3) is 10.1. The molecule has 0 aliphatic heterocycles. The van der Waals surface area contributed by atoms with E-state index in [2.05, 4.69) is 15.6 Å². The Hall–Kier alpha value is -2.23. The summed E-state index contributed by atoms with van der Waals surface area (Å²) in [7, 11) is 3.46. The van der Waals surface area contributed by atoms with Crippen LogP contribution >= 0.6 is 24.0 Å². The van der Waals surface area contributed by atoms with Crippen molar-refractivity contribution in [2.24, 2.45) is 4.99 Å². The lowest BCUT2D eigenvalue weighted by Gasteiger charge is -2.23. The van der Waals surface area contributed by atoms with Gasteiger partial charge in [-0.05, 0) is 51.5 Å². The van der Waals surface area contributed by atoms with Gasteiger partial charge < -0.3 is 24.7 Å². The highest BCUT2D eigenvalue weighted by Crippen LogP contribution is 2.25. The van der Waals surface area contributed by atoms with Gasteiger partial charge in [-0.1, -0.05) is 12.1 Å². The van der Waals surface area contributed by atoms with Crippen LogP contribution in [0.4, 0.5) is 0 Å². The number of carbonyl (C=O) groups excluding carboxylic acids is 1. The normalized spacial score (nSPS) is 11.5. The van der Waals surface area contributed by atoms with E-state index in [9.17, 15) is 4.79 Å². The van der Waals surface area contributed by atoms with Crippen molar-refractivity contribution in [2.45, 2.75) is 46.3 Å². The largest absolute Gasteiger partial charge is 0.488 e. The number of aliphatic imine (C=N–C) groups is 1. The Morgan fingerprint density at radius 2 is 1.94 bits per heavy atom. The molecule has 1 aromatic carbocycles. The van der Waals surface area contributed by atoms with Crippen LogP contribution in [0.2, 0.25) is 0 Å². The van der Waals surface area contributed by atoms with Crippen LogP contribution in [0.1, 0.15) is 37.7 Å². The van der Waals surface area contributed by atoms with Crippen molar-refractivity contribution in [3.63, 3.8) is 0 Å². The Kier molecular flexibility index (Phi) is 10.9. The summed E-state index contributed by atoms with van der Waals surface area (Å²) >= 11 is 0. The summed E-state index contributed by atoms with van der Waals surface area (Å²) < 4.78 is 11.5. The number of aryl methyl sites for hydroxylation is 1. The van der Waals surface area contributed by atoms with Gasteiger partial charge in [-0.15, -0.1) is 24.0 Å². The highest BCUT2D eigenvalue weighted by atomic mass is 127. The van der Waals surface area contributed by atoms with Crippen LogP contribution in [0, 0.1) is 6.92 Å². The van der Waals surface area contributed by atoms with E-state index in [0.717, 1.165) is 29.1 Å². The molecule has 2 N–H and O–H groups in total. The first-order valence-electron chi connectivity index (χ1n) is 10.2. The van der Waals surface area contributed by atoms with E-state index in [1.165, 1.54) is 0 Å². The molecule has 0 radical (unpaired) electrons. The van der Waals surface area contributed by atoms with Crippen LogP contribution in [0.3, 0.4) is 0 Å². The number of carbonyl (C=O) groups is 1. The van der Waals surface area contributed by atoms with E-state index in [1.54, 1.807) is 25.3 Å². The maximum Gasteiger partial charge on any atom is 0.241 e. The molecule has 0 bridgehead atoms. The van der Waals surface area contributed by atoms with Crippen molar-refractivity contribution in [2.75, 3.05) is 27.2 Å². The van der Waals surface area contributed by atoms with E-state index < -0.39 is 0 Å². The second-order valence-electron chi connectivity index (χ2n) is 8.39. The summed E-state index contributed by atoms with van der Waals surface area (Å²) in [6, 6.07) is 9.91. The summed E-state index contributed by atoms with van der Waals surface area (Å²) in [6.07, 6.45) is 2.38. The van der Waals surface area contributed by atoms with Gasteiger partial charge in [0.05, 0.1) is 19.4 Å². The minimum absolute atomic E-state index is 0. The molecule has 7 nitrogen and oxygen atoms in total. The number of hydrogen-bond donors (Lipinski definition) is 2. The smallest absolute Gasteiger partial charge is 0.241 e. The molecule has 0 aliphatic carbocycles. The fraction of sp³-hybridized carbons (Fsp3) is 0.478. The molecule has 2 rings (SSSR count). The van der Waals surface area contributed by atoms with Crippen LogP contribution in [0.5, 0.6) is 5.75 Å². The zero-order chi connectivity index (χ0) is 22.1. The lowest BCUT2D eigenvalue weighted by atomic mass is 10.1. The molecule has 0 unspecified atom stereocenters. The van der Waals surface area contributed by atoms with E-state index in [-0.39, 0.29) is 42.0 Å². The molecular weight excluding hydrogens is 507 g/mol. The number of likely N-dealkylation sites (N-methyl/N-ethyl adjacent to an activating group) is 1. The number of guanidine groups is 1. The van der Waals surface area contributed by atoms with Crippen LogP contribution in [-0.4, -0.2) is 49.6 Å². The van der Waals surface area contributed by atoms with E-state index >= 15 is 0 Å². The van der Waals surface area contributed by atoms with Gasteiger partial charge in [0.1, 0.15) is 17.1 Å². The van der Waals surface area contributed by atoms with Crippen molar-refractivity contribution in [3.05, 3.63) is 53.5 Å². The van der Waals surface area contributed by atoms with Crippen molar-refractivity contribution < 1.29 is 13.9 Å². The van der Waals surface area contributed by atoms with E-state index in [0.29, 0.717) is 19.0 Å². The first-order chi connectivity index (χ1) is 14.1. The zero-order valence-electron chi connectivity index (χ0n) is 19.3. The molecule has 2 aromatic rings. The number of furan rings is 1. The SMILES string of the molecule is Cc1ccc(CN=C(NCCc2ccco2)NCC(=O)N(C)C)c(OC(C)(C)C)c1.I. The van der Waals surface area contributed by atoms with Gasteiger partial charge in [-0.3, -0.25) is 4.79 Å². The molecule has 0 saturated heterocycles. The number of amides is 1. The van der Waals surface area contributed by atoms with Gasteiger partial charge in [0.15, 0.2) is 5.96 Å². The standard InChI is InChI=1S/C23H34N4O3.HI/c1-17-9-10-18(20(14-17)30-23(2,3)4)15-25-22(26-16-21(28)27(5)6)24-12-11-19-8-7-13-29-19;/h7-10,13-14H,11-12,15-16H2,1-6H3,(H2,24,25,26);1H. The van der Waals surface area contributed by atoms with Crippen LogP contribution in [0.25, 0.3) is 0 Å². The molecule has 172 valence electrons. The van der Waals surface area contributed by atoms with Crippen LogP contribution in [-0.2, 0) is 17.8 Å². The average Bonchev–Trinajstić information content (AvgIpc) is 3.16. The maximum atomic E-state index is 12.0. The summed E-state index contributed by atoms with van der Waals surface area (Å²) in [4.78, 5) is 18.2. The molecule has 8 heteroatoms. The molecule has 1 amide bonds. The van der Waals surface area contributed by atoms with Crippen molar-refractivity contribution in [3.8, 4) is 5.75 Å². The summed E-state index contributed by atoms with van der Waals surface area (Å²) in [5.74, 6) is 2.26. The molecule has 1 heterocycles. The van der Waals surface area contributed by atoms with Crippen molar-refractivity contribution in [1.29, 1.82) is 0 Å². The minimum Gasteiger partial charge on any atom is -0.488 e. The number of ether oxygens (including phenoxy) is 1. The van der Waals surface area contributed by atoms with E-state index in [4.69, 9.17) is 9.15 Å². The predicted molar refractivity (Wildman–Crippen MR) is 135 cm³/mol. The Bertz CT molecular complexity index is 843. The Balaban J connectivity index is 0.00000480. The summed E-state index contributed by atoms with van der Waals surface area (Å²) in [6.45, 7) is 9.35. The lowest BCUT2D eigenvalue weighted by Crippen LogP contribution is -2.43. The number of halogens is 1. The molecule has 0 atom stereocenters. The third-order valence-corrected chi connectivity index (χ3v) is 4.20. The van der Waals surface area contributed by atoms with Gasteiger partial charge in [0.25, 0.3) is 0 Å². The number of hydrogen-bond acceptors (Lipinski definition) is 4. The monoisotopic (exact) mass is 542 g/mol. The van der Waals surface area contributed by atoms with Crippen molar-refractivity contribution >= 4 is 35.8 Å². The topological polar surface area (TPSA) is 79.1 Å². The quantitative estimate of drug-likeness (QED) is 0.302. The molecule has 0 fully saturated rings. The van der Waals surface area contributed by atoms with Crippen molar-refractivity contribution in [1.82, 2.24) is 15.5 Å². The number of benzene rings is 1. The van der Waals surface area contributed by atoms with Gasteiger partial charge in [0, 0.05) is 32.6 Å². The van der Waals surface area contributed by atoms with E-state index in [1.807, 2.05) is 58.0 Å². The molecule has 0 spiro atoms. The van der Waals surface area contributed by atoms with Gasteiger partial charge in [-0.25, -0.2) is 4.99 Å². The van der Waals surface area contributed by atoms with Gasteiger partial charge in [-0.2, -0.15) is 0 Å². The lowest BCUT2D eigenvalue weighted by molar-refractivity contribution is -0.127. The number of rotatable bonds is 8. The highest BCUT2D eigenvalue weighted by molar-refractivity contribution is 14.0. The average molecular weight is 542 g/mol. The van der Waals surface area contributed by atoms with Crippen LogP contribution in [0.15, 0.2) is 46.0 Å². The third-order valence-electron chi connectivity index (χ3n) is 4.20. The molecule has 31 heavy (non-hydrogen) atoms. The molecule has 0 aliphatic rings.